The molecule has 2 heterocycles. The van der Waals surface area contributed by atoms with E-state index in [1.807, 2.05) is 0 Å². The van der Waals surface area contributed by atoms with E-state index >= 15 is 0 Å². The van der Waals surface area contributed by atoms with Gasteiger partial charge in [-0.25, -0.2) is 8.42 Å². The quantitative estimate of drug-likeness (QED) is 0.875. The van der Waals surface area contributed by atoms with E-state index in [1.54, 1.807) is 7.05 Å². The van der Waals surface area contributed by atoms with Gasteiger partial charge in [0.2, 0.25) is 9.84 Å². The Morgan fingerprint density at radius 2 is 2.18 bits per heavy atom. The van der Waals surface area contributed by atoms with Crippen molar-refractivity contribution in [2.24, 2.45) is 0 Å². The molecule has 5 nitrogen and oxygen atoms in total. The third-order valence-corrected chi connectivity index (χ3v) is 5.94. The van der Waals surface area contributed by atoms with Gasteiger partial charge in [-0.15, -0.1) is 23.7 Å². The summed E-state index contributed by atoms with van der Waals surface area (Å²) >= 11 is 0.880. The minimum Gasteiger partial charge on any atom is -0.336 e. The molecule has 1 aromatic rings. The van der Waals surface area contributed by atoms with Crippen LogP contribution in [0, 0.1) is 0 Å². The van der Waals surface area contributed by atoms with E-state index < -0.39 is 26.4 Å². The van der Waals surface area contributed by atoms with Gasteiger partial charge in [-0.1, -0.05) is 0 Å². The van der Waals surface area contributed by atoms with Gasteiger partial charge in [-0.2, -0.15) is 8.78 Å². The molecule has 1 fully saturated rings. The third kappa shape index (κ3) is 3.76. The van der Waals surface area contributed by atoms with Crippen LogP contribution in [0.3, 0.4) is 0 Å². The molecule has 10 heteroatoms. The standard InChI is InChI=1S/C12H16F2N2O3S2.ClH/c1-15-8-3-2-5-16(7-8)11(17)10-9(4-6-20-10)21(18,19)12(13)14;/h4,6,8,12,15H,2-3,5,7H2,1H3;1H. The summed E-state index contributed by atoms with van der Waals surface area (Å²) in [5.74, 6) is -4.02. The van der Waals surface area contributed by atoms with Crippen molar-refractivity contribution in [3.63, 3.8) is 0 Å². The Balaban J connectivity index is 0.00000242. The topological polar surface area (TPSA) is 66.5 Å². The largest absolute Gasteiger partial charge is 0.341 e. The lowest BCUT2D eigenvalue weighted by atomic mass is 10.1. The van der Waals surface area contributed by atoms with Gasteiger partial charge in [-0.05, 0) is 31.3 Å². The highest BCUT2D eigenvalue weighted by Gasteiger charge is 2.34. The molecular formula is C12H17ClF2N2O3S2. The number of hydrogen-bond acceptors (Lipinski definition) is 5. The van der Waals surface area contributed by atoms with E-state index in [4.69, 9.17) is 0 Å². The summed E-state index contributed by atoms with van der Waals surface area (Å²) in [7, 11) is -2.96. The summed E-state index contributed by atoms with van der Waals surface area (Å²) in [4.78, 5) is 13.2. The van der Waals surface area contributed by atoms with E-state index in [0.717, 1.165) is 30.2 Å². The van der Waals surface area contributed by atoms with Crippen LogP contribution in [0.4, 0.5) is 8.78 Å². The zero-order valence-corrected chi connectivity index (χ0v) is 14.2. The number of carbonyl (C=O) groups is 1. The highest BCUT2D eigenvalue weighted by atomic mass is 35.5. The van der Waals surface area contributed by atoms with Crippen LogP contribution in [0.5, 0.6) is 0 Å². The normalized spacial score (nSPS) is 19.1. The molecule has 0 aromatic carbocycles. The van der Waals surface area contributed by atoms with Crippen LogP contribution in [0.15, 0.2) is 16.3 Å². The summed E-state index contributed by atoms with van der Waals surface area (Å²) in [6.45, 7) is 0.949. The van der Waals surface area contributed by atoms with E-state index in [9.17, 15) is 22.0 Å². The first-order valence-electron chi connectivity index (χ1n) is 6.44. The first-order valence-corrected chi connectivity index (χ1v) is 8.86. The molecule has 126 valence electrons. The van der Waals surface area contributed by atoms with Crippen molar-refractivity contribution in [1.82, 2.24) is 10.2 Å². The Labute approximate surface area is 138 Å². The van der Waals surface area contributed by atoms with Gasteiger partial charge in [0.05, 0.1) is 4.90 Å². The summed E-state index contributed by atoms with van der Waals surface area (Å²) in [6.07, 6.45) is 1.71. The fraction of sp³-hybridized carbons (Fsp3) is 0.583. The van der Waals surface area contributed by atoms with Gasteiger partial charge in [0.1, 0.15) is 4.88 Å². The predicted molar refractivity (Wildman–Crippen MR) is 82.7 cm³/mol. The maximum atomic E-state index is 12.7. The smallest absolute Gasteiger partial charge is 0.336 e. The molecule has 1 atom stereocenters. The van der Waals surface area contributed by atoms with Gasteiger partial charge >= 0.3 is 5.76 Å². The summed E-state index contributed by atoms with van der Waals surface area (Å²) in [5.41, 5.74) is 0. The summed E-state index contributed by atoms with van der Waals surface area (Å²) in [6, 6.07) is 1.21. The van der Waals surface area contributed by atoms with E-state index in [2.05, 4.69) is 5.32 Å². The third-order valence-electron chi connectivity index (χ3n) is 3.48. The second-order valence-corrected chi connectivity index (χ2v) is 7.60. The van der Waals surface area contributed by atoms with Gasteiger partial charge in [0.25, 0.3) is 5.91 Å². The second-order valence-electron chi connectivity index (χ2n) is 4.80. The van der Waals surface area contributed by atoms with Crippen LogP contribution in [-0.4, -0.2) is 51.2 Å². The summed E-state index contributed by atoms with van der Waals surface area (Å²) in [5, 5.41) is 4.42. The van der Waals surface area contributed by atoms with Crippen molar-refractivity contribution < 1.29 is 22.0 Å². The van der Waals surface area contributed by atoms with Gasteiger partial charge in [0.15, 0.2) is 0 Å². The number of hydrogen-bond donors (Lipinski definition) is 1. The van der Waals surface area contributed by atoms with Crippen molar-refractivity contribution in [3.05, 3.63) is 16.3 Å². The number of amides is 1. The fourth-order valence-electron chi connectivity index (χ4n) is 2.31. The number of nitrogens with zero attached hydrogens (tertiary/aromatic N) is 1. The molecule has 1 N–H and O–H groups in total. The molecule has 1 aromatic heterocycles. The molecule has 1 aliphatic heterocycles. The van der Waals surface area contributed by atoms with Gasteiger partial charge in [-0.3, -0.25) is 4.79 Å². The lowest BCUT2D eigenvalue weighted by Crippen LogP contribution is -2.47. The number of alkyl halides is 2. The van der Waals surface area contributed by atoms with Crippen LogP contribution in [-0.2, 0) is 9.84 Å². The maximum absolute atomic E-state index is 12.7. The number of halogens is 3. The number of rotatable bonds is 4. The number of likely N-dealkylation sites (N-methyl/N-ethyl adjacent to an activating group) is 1. The first kappa shape index (κ1) is 19.3. The van der Waals surface area contributed by atoms with Crippen molar-refractivity contribution in [1.29, 1.82) is 0 Å². The zero-order valence-electron chi connectivity index (χ0n) is 11.8. The molecular weight excluding hydrogens is 358 g/mol. The van der Waals surface area contributed by atoms with Crippen molar-refractivity contribution in [3.8, 4) is 0 Å². The number of nitrogens with one attached hydrogen (secondary N) is 1. The Morgan fingerprint density at radius 3 is 2.77 bits per heavy atom. The minimum absolute atomic E-state index is 0. The van der Waals surface area contributed by atoms with Crippen molar-refractivity contribution >= 4 is 39.5 Å². The molecule has 1 amide bonds. The fourth-order valence-corrected chi connectivity index (χ4v) is 4.44. The molecule has 0 spiro atoms. The predicted octanol–water partition coefficient (Wildman–Crippen LogP) is 1.99. The number of piperidine rings is 1. The lowest BCUT2D eigenvalue weighted by molar-refractivity contribution is 0.0699. The maximum Gasteiger partial charge on any atom is 0.341 e. The highest BCUT2D eigenvalue weighted by Crippen LogP contribution is 2.28. The number of likely N-dealkylation sites (tertiary alicyclic amines) is 1. The molecule has 0 bridgehead atoms. The number of sulfone groups is 1. The van der Waals surface area contributed by atoms with Crippen LogP contribution < -0.4 is 5.32 Å². The van der Waals surface area contributed by atoms with Crippen LogP contribution >= 0.6 is 23.7 Å². The van der Waals surface area contributed by atoms with Crippen LogP contribution in [0.25, 0.3) is 0 Å². The molecule has 1 aliphatic rings. The average Bonchev–Trinajstić information content (AvgIpc) is 2.96. The Morgan fingerprint density at radius 1 is 1.50 bits per heavy atom. The number of carbonyl (C=O) groups excluding carboxylic acids is 1. The molecule has 1 saturated heterocycles. The van der Waals surface area contributed by atoms with E-state index in [0.29, 0.717) is 13.1 Å². The first-order chi connectivity index (χ1) is 9.87. The molecule has 0 saturated carbocycles. The molecule has 1 unspecified atom stereocenters. The van der Waals surface area contributed by atoms with Crippen LogP contribution in [0.2, 0.25) is 0 Å². The summed E-state index contributed by atoms with van der Waals surface area (Å²) < 4.78 is 48.5. The molecule has 22 heavy (non-hydrogen) atoms. The van der Waals surface area contributed by atoms with Crippen LogP contribution in [0.1, 0.15) is 22.5 Å². The lowest BCUT2D eigenvalue weighted by Gasteiger charge is -2.32. The Kier molecular flexibility index (Phi) is 6.72. The van der Waals surface area contributed by atoms with Gasteiger partial charge < -0.3 is 10.2 Å². The van der Waals surface area contributed by atoms with E-state index in [1.165, 1.54) is 10.3 Å². The zero-order chi connectivity index (χ0) is 15.6. The van der Waals surface area contributed by atoms with Crippen molar-refractivity contribution in [2.75, 3.05) is 20.1 Å². The van der Waals surface area contributed by atoms with E-state index in [-0.39, 0.29) is 23.3 Å². The molecule has 2 rings (SSSR count). The van der Waals surface area contributed by atoms with Gasteiger partial charge in [0, 0.05) is 19.1 Å². The second kappa shape index (κ2) is 7.67. The Bertz CT molecular complexity index is 622. The average molecular weight is 375 g/mol. The highest BCUT2D eigenvalue weighted by molar-refractivity contribution is 7.92. The SMILES string of the molecule is CNC1CCCN(C(=O)c2sccc2S(=O)(=O)C(F)F)C1.Cl. The molecule has 0 radical (unpaired) electrons. The minimum atomic E-state index is -4.75. The van der Waals surface area contributed by atoms with Crippen molar-refractivity contribution in [2.45, 2.75) is 29.5 Å². The Hall–Kier alpha value is -0.770. The molecule has 0 aliphatic carbocycles. The monoisotopic (exact) mass is 374 g/mol. The number of thiophene rings is 1.